The lowest BCUT2D eigenvalue weighted by atomic mass is 10.1. The fourth-order valence-corrected chi connectivity index (χ4v) is 2.27. The highest BCUT2D eigenvalue weighted by molar-refractivity contribution is 5.57. The summed E-state index contributed by atoms with van der Waals surface area (Å²) in [6.45, 7) is 1.56. The number of hydrogen-bond acceptors (Lipinski definition) is 4. The Labute approximate surface area is 106 Å². The first kappa shape index (κ1) is 11.2. The zero-order valence-electron chi connectivity index (χ0n) is 10.1. The molecular weight excluding hydrogens is 228 g/mol. The first-order valence-corrected chi connectivity index (χ1v) is 6.19. The van der Waals surface area contributed by atoms with E-state index in [0.29, 0.717) is 11.9 Å². The summed E-state index contributed by atoms with van der Waals surface area (Å²) >= 11 is 0. The van der Waals surface area contributed by atoms with E-state index in [9.17, 15) is 0 Å². The molecule has 3 rings (SSSR count). The van der Waals surface area contributed by atoms with Crippen molar-refractivity contribution in [3.05, 3.63) is 30.5 Å². The van der Waals surface area contributed by atoms with Crippen LogP contribution in [0.25, 0.3) is 11.4 Å². The number of aromatic nitrogens is 3. The number of rotatable bonds is 2. The summed E-state index contributed by atoms with van der Waals surface area (Å²) in [7, 11) is 0. The summed E-state index contributed by atoms with van der Waals surface area (Å²) in [5.41, 5.74) is 7.73. The van der Waals surface area contributed by atoms with Crippen LogP contribution < -0.4 is 5.73 Å². The largest absolute Gasteiger partial charge is 0.384 e. The van der Waals surface area contributed by atoms with Crippen LogP contribution in [-0.2, 0) is 4.74 Å². The SMILES string of the molecule is Nc1cc(-c2ccccn2)nn1C1CCOCC1. The second kappa shape index (κ2) is 4.78. The molecule has 5 nitrogen and oxygen atoms in total. The van der Waals surface area contributed by atoms with Crippen LogP contribution in [0.2, 0.25) is 0 Å². The highest BCUT2D eigenvalue weighted by atomic mass is 16.5. The first-order chi connectivity index (χ1) is 8.84. The lowest BCUT2D eigenvalue weighted by Crippen LogP contribution is -2.21. The number of ether oxygens (including phenoxy) is 1. The van der Waals surface area contributed by atoms with E-state index in [2.05, 4.69) is 10.1 Å². The minimum atomic E-state index is 0.344. The Morgan fingerprint density at radius 3 is 2.78 bits per heavy atom. The molecule has 0 aromatic carbocycles. The highest BCUT2D eigenvalue weighted by Gasteiger charge is 2.19. The van der Waals surface area contributed by atoms with Gasteiger partial charge in [0.1, 0.15) is 11.5 Å². The maximum absolute atomic E-state index is 6.04. The molecule has 0 saturated carbocycles. The van der Waals surface area contributed by atoms with E-state index < -0.39 is 0 Å². The van der Waals surface area contributed by atoms with Crippen molar-refractivity contribution >= 4 is 5.82 Å². The smallest absolute Gasteiger partial charge is 0.122 e. The molecular formula is C13H16N4O. The molecule has 0 aliphatic carbocycles. The van der Waals surface area contributed by atoms with Gasteiger partial charge in [0.15, 0.2) is 0 Å². The molecule has 2 aromatic heterocycles. The fraction of sp³-hybridized carbons (Fsp3) is 0.385. The average Bonchev–Trinajstić information content (AvgIpc) is 2.83. The topological polar surface area (TPSA) is 66.0 Å². The summed E-state index contributed by atoms with van der Waals surface area (Å²) in [6, 6.07) is 8.01. The van der Waals surface area contributed by atoms with Crippen LogP contribution in [0.1, 0.15) is 18.9 Å². The van der Waals surface area contributed by atoms with Gasteiger partial charge in [0.05, 0.1) is 11.7 Å². The molecule has 94 valence electrons. The highest BCUT2D eigenvalue weighted by Crippen LogP contribution is 2.26. The predicted molar refractivity (Wildman–Crippen MR) is 69.0 cm³/mol. The van der Waals surface area contributed by atoms with Gasteiger partial charge in [-0.3, -0.25) is 4.98 Å². The summed E-state index contributed by atoms with van der Waals surface area (Å²) in [6.07, 6.45) is 3.69. The molecule has 18 heavy (non-hydrogen) atoms. The van der Waals surface area contributed by atoms with Crippen molar-refractivity contribution in [3.63, 3.8) is 0 Å². The van der Waals surface area contributed by atoms with E-state index in [0.717, 1.165) is 37.4 Å². The number of nitrogens with zero attached hydrogens (tertiary/aromatic N) is 3. The van der Waals surface area contributed by atoms with Crippen LogP contribution in [0.15, 0.2) is 30.5 Å². The van der Waals surface area contributed by atoms with E-state index in [4.69, 9.17) is 10.5 Å². The van der Waals surface area contributed by atoms with Gasteiger partial charge in [-0.25, -0.2) is 4.68 Å². The molecule has 3 heterocycles. The zero-order chi connectivity index (χ0) is 12.4. The molecule has 1 fully saturated rings. The molecule has 0 spiro atoms. The Morgan fingerprint density at radius 1 is 1.22 bits per heavy atom. The van der Waals surface area contributed by atoms with Crippen molar-refractivity contribution in [2.75, 3.05) is 18.9 Å². The molecule has 1 aliphatic rings. The lowest BCUT2D eigenvalue weighted by molar-refractivity contribution is 0.0669. The van der Waals surface area contributed by atoms with Gasteiger partial charge in [-0.15, -0.1) is 0 Å². The standard InChI is InChI=1S/C13H16N4O/c14-13-9-12(11-3-1-2-6-15-11)16-17(13)10-4-7-18-8-5-10/h1-3,6,9-10H,4-5,7-8,14H2. The van der Waals surface area contributed by atoms with Crippen LogP contribution in [0.5, 0.6) is 0 Å². The molecule has 1 saturated heterocycles. The number of nitrogens with two attached hydrogens (primary N) is 1. The van der Waals surface area contributed by atoms with E-state index in [1.54, 1.807) is 6.20 Å². The van der Waals surface area contributed by atoms with Gasteiger partial charge >= 0.3 is 0 Å². The van der Waals surface area contributed by atoms with Crippen LogP contribution in [0, 0.1) is 0 Å². The van der Waals surface area contributed by atoms with Gasteiger partial charge in [0.25, 0.3) is 0 Å². The van der Waals surface area contributed by atoms with E-state index in [-0.39, 0.29) is 0 Å². The number of nitrogen functional groups attached to an aromatic ring is 1. The van der Waals surface area contributed by atoms with E-state index in [1.807, 2.05) is 28.9 Å². The first-order valence-electron chi connectivity index (χ1n) is 6.19. The van der Waals surface area contributed by atoms with Crippen molar-refractivity contribution in [2.45, 2.75) is 18.9 Å². The molecule has 5 heteroatoms. The summed E-state index contributed by atoms with van der Waals surface area (Å²) in [4.78, 5) is 4.29. The van der Waals surface area contributed by atoms with Crippen LogP contribution >= 0.6 is 0 Å². The second-order valence-electron chi connectivity index (χ2n) is 4.46. The zero-order valence-corrected chi connectivity index (χ0v) is 10.1. The quantitative estimate of drug-likeness (QED) is 0.876. The predicted octanol–water partition coefficient (Wildman–Crippen LogP) is 1.88. The van der Waals surface area contributed by atoms with E-state index >= 15 is 0 Å². The Hall–Kier alpha value is -1.88. The molecule has 0 atom stereocenters. The Kier molecular flexibility index (Phi) is 2.98. The van der Waals surface area contributed by atoms with Gasteiger partial charge in [-0.05, 0) is 25.0 Å². The third-order valence-electron chi connectivity index (χ3n) is 3.23. The third-order valence-corrected chi connectivity index (χ3v) is 3.23. The maximum atomic E-state index is 6.04. The number of anilines is 1. The summed E-state index contributed by atoms with van der Waals surface area (Å²) in [5.74, 6) is 0.697. The van der Waals surface area contributed by atoms with Gasteiger partial charge in [0, 0.05) is 25.5 Å². The van der Waals surface area contributed by atoms with Gasteiger partial charge in [-0.2, -0.15) is 5.10 Å². The third kappa shape index (κ3) is 2.09. The van der Waals surface area contributed by atoms with Crippen LogP contribution in [-0.4, -0.2) is 28.0 Å². The Balaban J connectivity index is 1.91. The summed E-state index contributed by atoms with van der Waals surface area (Å²) in [5, 5.41) is 4.58. The van der Waals surface area contributed by atoms with E-state index in [1.165, 1.54) is 0 Å². The normalized spacial score (nSPS) is 16.9. The summed E-state index contributed by atoms with van der Waals surface area (Å²) < 4.78 is 7.27. The van der Waals surface area contributed by atoms with Crippen molar-refractivity contribution in [2.24, 2.45) is 0 Å². The van der Waals surface area contributed by atoms with Crippen molar-refractivity contribution in [3.8, 4) is 11.4 Å². The molecule has 2 N–H and O–H groups in total. The van der Waals surface area contributed by atoms with Gasteiger partial charge in [-0.1, -0.05) is 6.07 Å². The average molecular weight is 244 g/mol. The van der Waals surface area contributed by atoms with Crippen molar-refractivity contribution < 1.29 is 4.74 Å². The molecule has 0 amide bonds. The Morgan fingerprint density at radius 2 is 2.06 bits per heavy atom. The van der Waals surface area contributed by atoms with Crippen LogP contribution in [0.4, 0.5) is 5.82 Å². The number of pyridine rings is 1. The second-order valence-corrected chi connectivity index (χ2v) is 4.46. The minimum absolute atomic E-state index is 0.344. The molecule has 1 aliphatic heterocycles. The lowest BCUT2D eigenvalue weighted by Gasteiger charge is -2.23. The molecule has 2 aromatic rings. The van der Waals surface area contributed by atoms with Crippen molar-refractivity contribution in [1.82, 2.24) is 14.8 Å². The van der Waals surface area contributed by atoms with Gasteiger partial charge in [0.2, 0.25) is 0 Å². The minimum Gasteiger partial charge on any atom is -0.384 e. The van der Waals surface area contributed by atoms with Crippen molar-refractivity contribution in [1.29, 1.82) is 0 Å². The maximum Gasteiger partial charge on any atom is 0.122 e. The molecule has 0 unspecified atom stereocenters. The number of hydrogen-bond donors (Lipinski definition) is 1. The van der Waals surface area contributed by atoms with Gasteiger partial charge < -0.3 is 10.5 Å². The Bertz CT molecular complexity index is 517. The molecule has 0 radical (unpaired) electrons. The van der Waals surface area contributed by atoms with Crippen LogP contribution in [0.3, 0.4) is 0 Å². The monoisotopic (exact) mass is 244 g/mol. The molecule has 0 bridgehead atoms. The fourth-order valence-electron chi connectivity index (χ4n) is 2.27.